The number of aromatic nitrogens is 1. The van der Waals surface area contributed by atoms with E-state index in [2.05, 4.69) is 4.98 Å². The molecule has 0 aliphatic rings. The third-order valence-corrected chi connectivity index (χ3v) is 2.39. The fraction of sp³-hybridized carbons (Fsp3) is 0.154. The van der Waals surface area contributed by atoms with Gasteiger partial charge in [0.05, 0.1) is 6.61 Å². The number of aliphatic hydroxyl groups is 1. The van der Waals surface area contributed by atoms with Gasteiger partial charge in [-0.1, -0.05) is 24.3 Å². The number of nitrogens with zero attached hydrogens (tertiary/aromatic N) is 1. The number of aryl methyl sites for hydroxylation is 1. The van der Waals surface area contributed by atoms with Crippen molar-refractivity contribution in [1.29, 1.82) is 0 Å². The molecule has 2 nitrogen and oxygen atoms in total. The van der Waals surface area contributed by atoms with Crippen molar-refractivity contribution in [2.45, 2.75) is 13.5 Å². The number of benzene rings is 1. The first-order valence-electron chi connectivity index (χ1n) is 5.03. The first-order valence-corrected chi connectivity index (χ1v) is 5.03. The summed E-state index contributed by atoms with van der Waals surface area (Å²) >= 11 is 0. The summed E-state index contributed by atoms with van der Waals surface area (Å²) in [6.45, 7) is 1.79. The third kappa shape index (κ3) is 2.09. The van der Waals surface area contributed by atoms with Crippen molar-refractivity contribution >= 4 is 0 Å². The Hall–Kier alpha value is -1.74. The minimum Gasteiger partial charge on any atom is -0.392 e. The molecule has 0 saturated carbocycles. The molecule has 0 spiro atoms. The lowest BCUT2D eigenvalue weighted by Gasteiger charge is -2.04. The first-order chi connectivity index (χ1) is 7.70. The Morgan fingerprint density at radius 3 is 2.50 bits per heavy atom. The van der Waals surface area contributed by atoms with Gasteiger partial charge in [0.1, 0.15) is 11.5 Å². The Morgan fingerprint density at radius 1 is 1.25 bits per heavy atom. The van der Waals surface area contributed by atoms with Crippen LogP contribution in [0.15, 0.2) is 36.5 Å². The van der Waals surface area contributed by atoms with Gasteiger partial charge in [-0.25, -0.2) is 4.39 Å². The summed E-state index contributed by atoms with van der Waals surface area (Å²) in [5.74, 6) is -0.322. The molecule has 1 N–H and O–H groups in total. The number of pyridine rings is 1. The lowest BCUT2D eigenvalue weighted by atomic mass is 10.1. The molecule has 0 unspecified atom stereocenters. The molecule has 0 aliphatic carbocycles. The Labute approximate surface area is 93.4 Å². The normalized spacial score (nSPS) is 10.4. The van der Waals surface area contributed by atoms with Crippen LogP contribution in [0.25, 0.3) is 11.3 Å². The van der Waals surface area contributed by atoms with Gasteiger partial charge in [0.2, 0.25) is 0 Å². The van der Waals surface area contributed by atoms with Gasteiger partial charge in [-0.3, -0.25) is 4.98 Å². The number of hydrogen-bond donors (Lipinski definition) is 1. The summed E-state index contributed by atoms with van der Waals surface area (Å²) in [5, 5.41) is 8.90. The Balaban J connectivity index is 2.42. The number of aliphatic hydroxyl groups excluding tert-OH is 1. The van der Waals surface area contributed by atoms with Crippen LogP contribution in [0.1, 0.15) is 11.1 Å². The monoisotopic (exact) mass is 217 g/mol. The van der Waals surface area contributed by atoms with Crippen LogP contribution < -0.4 is 0 Å². The van der Waals surface area contributed by atoms with Crippen LogP contribution in [0.4, 0.5) is 4.39 Å². The minimum atomic E-state index is -0.322. The zero-order valence-corrected chi connectivity index (χ0v) is 8.94. The van der Waals surface area contributed by atoms with Crippen molar-refractivity contribution in [3.05, 3.63) is 53.5 Å². The Morgan fingerprint density at radius 2 is 1.94 bits per heavy atom. The lowest BCUT2D eigenvalue weighted by Crippen LogP contribution is -1.91. The van der Waals surface area contributed by atoms with E-state index < -0.39 is 0 Å². The van der Waals surface area contributed by atoms with E-state index in [-0.39, 0.29) is 12.4 Å². The highest BCUT2D eigenvalue weighted by atomic mass is 19.1. The summed E-state index contributed by atoms with van der Waals surface area (Å²) in [6.07, 6.45) is 1.64. The molecule has 1 heterocycles. The lowest BCUT2D eigenvalue weighted by molar-refractivity contribution is 0.282. The van der Waals surface area contributed by atoms with Crippen LogP contribution >= 0.6 is 0 Å². The van der Waals surface area contributed by atoms with Gasteiger partial charge < -0.3 is 5.11 Å². The van der Waals surface area contributed by atoms with Gasteiger partial charge in [-0.15, -0.1) is 0 Å². The van der Waals surface area contributed by atoms with Crippen molar-refractivity contribution in [3.8, 4) is 11.3 Å². The highest BCUT2D eigenvalue weighted by molar-refractivity contribution is 5.60. The van der Waals surface area contributed by atoms with Gasteiger partial charge >= 0.3 is 0 Å². The fourth-order valence-corrected chi connectivity index (χ4v) is 1.51. The summed E-state index contributed by atoms with van der Waals surface area (Å²) in [4.78, 5) is 4.07. The molecule has 0 radical (unpaired) electrons. The van der Waals surface area contributed by atoms with Crippen LogP contribution in [-0.2, 0) is 6.61 Å². The van der Waals surface area contributed by atoms with Crippen molar-refractivity contribution in [2.24, 2.45) is 0 Å². The van der Waals surface area contributed by atoms with Crippen LogP contribution in [0.2, 0.25) is 0 Å². The molecular weight excluding hydrogens is 205 g/mol. The van der Waals surface area contributed by atoms with E-state index >= 15 is 0 Å². The molecule has 0 atom stereocenters. The first kappa shape index (κ1) is 10.8. The zero-order chi connectivity index (χ0) is 11.5. The predicted molar refractivity (Wildman–Crippen MR) is 60.3 cm³/mol. The third-order valence-electron chi connectivity index (χ3n) is 2.39. The average molecular weight is 217 g/mol. The second-order valence-electron chi connectivity index (χ2n) is 3.70. The minimum absolute atomic E-state index is 0.00983. The van der Waals surface area contributed by atoms with Gasteiger partial charge in [0.15, 0.2) is 0 Å². The molecule has 16 heavy (non-hydrogen) atoms. The molecule has 2 aromatic rings. The summed E-state index contributed by atoms with van der Waals surface area (Å²) in [7, 11) is 0. The molecule has 0 saturated heterocycles. The number of hydrogen-bond acceptors (Lipinski definition) is 2. The standard InChI is InChI=1S/C13H12FNO/c1-9-6-12(14)13(15-7-9)11-4-2-10(8-16)3-5-11/h2-7,16H,8H2,1H3. The quantitative estimate of drug-likeness (QED) is 0.839. The smallest absolute Gasteiger partial charge is 0.149 e. The van der Waals surface area contributed by atoms with Crippen LogP contribution in [0.5, 0.6) is 0 Å². The molecule has 0 aliphatic heterocycles. The fourth-order valence-electron chi connectivity index (χ4n) is 1.51. The highest BCUT2D eigenvalue weighted by Crippen LogP contribution is 2.21. The molecule has 0 bridgehead atoms. The van der Waals surface area contributed by atoms with E-state index in [1.807, 2.05) is 0 Å². The van der Waals surface area contributed by atoms with Gasteiger partial charge in [0.25, 0.3) is 0 Å². The van der Waals surface area contributed by atoms with E-state index in [9.17, 15) is 4.39 Å². The molecule has 2 rings (SSSR count). The maximum absolute atomic E-state index is 13.6. The number of rotatable bonds is 2. The summed E-state index contributed by atoms with van der Waals surface area (Å²) < 4.78 is 13.6. The van der Waals surface area contributed by atoms with Crippen molar-refractivity contribution in [1.82, 2.24) is 4.98 Å². The van der Waals surface area contributed by atoms with Crippen molar-refractivity contribution in [3.63, 3.8) is 0 Å². The van der Waals surface area contributed by atoms with Crippen LogP contribution in [0, 0.1) is 12.7 Å². The van der Waals surface area contributed by atoms with E-state index in [0.29, 0.717) is 5.69 Å². The Bertz CT molecular complexity index is 494. The number of halogens is 1. The molecular formula is C13H12FNO. The predicted octanol–water partition coefficient (Wildman–Crippen LogP) is 2.69. The molecule has 82 valence electrons. The van der Waals surface area contributed by atoms with Crippen LogP contribution in [-0.4, -0.2) is 10.1 Å². The summed E-state index contributed by atoms with van der Waals surface area (Å²) in [6, 6.07) is 8.49. The molecule has 1 aromatic heterocycles. The Kier molecular flexibility index (Phi) is 2.97. The van der Waals surface area contributed by atoms with Crippen molar-refractivity contribution in [2.75, 3.05) is 0 Å². The molecule has 1 aromatic carbocycles. The molecule has 0 amide bonds. The topological polar surface area (TPSA) is 33.1 Å². The zero-order valence-electron chi connectivity index (χ0n) is 8.94. The van der Waals surface area contributed by atoms with E-state index in [1.54, 1.807) is 37.4 Å². The van der Waals surface area contributed by atoms with E-state index in [1.165, 1.54) is 6.07 Å². The molecule has 3 heteroatoms. The second-order valence-corrected chi connectivity index (χ2v) is 3.70. The maximum Gasteiger partial charge on any atom is 0.149 e. The van der Waals surface area contributed by atoms with E-state index in [4.69, 9.17) is 5.11 Å². The summed E-state index contributed by atoms with van der Waals surface area (Å²) in [5.41, 5.74) is 2.66. The van der Waals surface area contributed by atoms with Crippen LogP contribution in [0.3, 0.4) is 0 Å². The largest absolute Gasteiger partial charge is 0.392 e. The second kappa shape index (κ2) is 4.41. The van der Waals surface area contributed by atoms with E-state index in [0.717, 1.165) is 16.7 Å². The van der Waals surface area contributed by atoms with Gasteiger partial charge in [0, 0.05) is 11.8 Å². The average Bonchev–Trinajstić information content (AvgIpc) is 2.29. The molecule has 0 fully saturated rings. The SMILES string of the molecule is Cc1cnc(-c2ccc(CO)cc2)c(F)c1. The maximum atomic E-state index is 13.6. The van der Waals surface area contributed by atoms with Gasteiger partial charge in [-0.2, -0.15) is 0 Å². The van der Waals surface area contributed by atoms with Crippen molar-refractivity contribution < 1.29 is 9.50 Å². The van der Waals surface area contributed by atoms with Gasteiger partial charge in [-0.05, 0) is 24.1 Å². The highest BCUT2D eigenvalue weighted by Gasteiger charge is 2.06.